The lowest BCUT2D eigenvalue weighted by Gasteiger charge is -2.40. The predicted octanol–water partition coefficient (Wildman–Crippen LogP) is -2.60. The van der Waals surface area contributed by atoms with Gasteiger partial charge in [0, 0.05) is 7.11 Å². The Morgan fingerprint density at radius 3 is 2.05 bits per heavy atom. The summed E-state index contributed by atoms with van der Waals surface area (Å²) in [5, 5.41) is 19.7. The van der Waals surface area contributed by atoms with Crippen molar-refractivity contribution in [2.75, 3.05) is 26.2 Å². The molecule has 2 N–H and O–H groups in total. The fourth-order valence-corrected chi connectivity index (χ4v) is 2.72. The van der Waals surface area contributed by atoms with Gasteiger partial charge in [-0.15, -0.1) is 0 Å². The minimum atomic E-state index is -3.93. The van der Waals surface area contributed by atoms with Crippen molar-refractivity contribution in [1.29, 1.82) is 0 Å². The van der Waals surface area contributed by atoms with E-state index in [0.717, 1.165) is 12.5 Å². The van der Waals surface area contributed by atoms with Gasteiger partial charge < -0.3 is 19.7 Å². The van der Waals surface area contributed by atoms with Crippen LogP contribution in [-0.4, -0.2) is 84.0 Å². The number of hydrogen-bond donors (Lipinski definition) is 2. The zero-order valence-electron chi connectivity index (χ0n) is 11.6. The van der Waals surface area contributed by atoms with Gasteiger partial charge in [-0.25, -0.2) is 0 Å². The number of rotatable bonds is 6. The van der Waals surface area contributed by atoms with Gasteiger partial charge in [0.25, 0.3) is 20.2 Å². The summed E-state index contributed by atoms with van der Waals surface area (Å²) in [5.41, 5.74) is 0. The first kappa shape index (κ1) is 18.7. The zero-order chi connectivity index (χ0) is 16.4. The van der Waals surface area contributed by atoms with Gasteiger partial charge >= 0.3 is 0 Å². The van der Waals surface area contributed by atoms with Crippen LogP contribution in [0.3, 0.4) is 0 Å². The third kappa shape index (κ3) is 5.75. The Morgan fingerprint density at radius 1 is 1.05 bits per heavy atom. The van der Waals surface area contributed by atoms with Gasteiger partial charge in [0.2, 0.25) is 0 Å². The molecule has 0 unspecified atom stereocenters. The molecular weight excluding hydrogens is 332 g/mol. The molecule has 0 bridgehead atoms. The smallest absolute Gasteiger partial charge is 0.264 e. The maximum Gasteiger partial charge on any atom is 0.264 e. The van der Waals surface area contributed by atoms with Gasteiger partial charge in [-0.2, -0.15) is 16.8 Å². The highest BCUT2D eigenvalue weighted by Gasteiger charge is 2.47. The van der Waals surface area contributed by atoms with E-state index in [9.17, 15) is 27.0 Å². The summed E-state index contributed by atoms with van der Waals surface area (Å²) < 4.78 is 63.2. The fourth-order valence-electron chi connectivity index (χ4n) is 1.73. The first-order chi connectivity index (χ1) is 9.44. The minimum absolute atomic E-state index is 0.567. The average molecular weight is 350 g/mol. The molecule has 5 atom stereocenters. The lowest BCUT2D eigenvalue weighted by atomic mass is 9.99. The fraction of sp³-hybridized carbons (Fsp3) is 1.00. The van der Waals surface area contributed by atoms with Gasteiger partial charge in [-0.1, -0.05) is 0 Å². The van der Waals surface area contributed by atoms with Crippen molar-refractivity contribution in [3.8, 4) is 0 Å². The molecule has 0 spiro atoms. The summed E-state index contributed by atoms with van der Waals surface area (Å²) in [6.45, 7) is -0.567. The van der Waals surface area contributed by atoms with Gasteiger partial charge in [-0.05, 0) is 0 Å². The van der Waals surface area contributed by atoms with Crippen LogP contribution in [0.1, 0.15) is 0 Å². The van der Waals surface area contributed by atoms with E-state index in [1.54, 1.807) is 0 Å². The van der Waals surface area contributed by atoms with E-state index >= 15 is 0 Å². The van der Waals surface area contributed by atoms with Gasteiger partial charge in [0.05, 0.1) is 19.1 Å². The number of methoxy groups -OCH3 is 1. The van der Waals surface area contributed by atoms with E-state index in [0.29, 0.717) is 0 Å². The van der Waals surface area contributed by atoms with Crippen LogP contribution < -0.4 is 0 Å². The highest BCUT2D eigenvalue weighted by atomic mass is 32.2. The van der Waals surface area contributed by atoms with Crippen LogP contribution in [0, 0.1) is 0 Å². The van der Waals surface area contributed by atoms with Crippen LogP contribution in [0.4, 0.5) is 0 Å². The second-order valence-electron chi connectivity index (χ2n) is 4.51. The van der Waals surface area contributed by atoms with E-state index in [1.165, 1.54) is 7.11 Å². The predicted molar refractivity (Wildman–Crippen MR) is 68.2 cm³/mol. The Kier molecular flexibility index (Phi) is 6.08. The molecule has 1 fully saturated rings. The Hall–Kier alpha value is -0.340. The molecule has 12 heteroatoms. The largest absolute Gasteiger partial charge is 0.387 e. The van der Waals surface area contributed by atoms with Crippen molar-refractivity contribution in [2.24, 2.45) is 0 Å². The molecular formula is C9H18O10S2. The molecule has 10 nitrogen and oxygen atoms in total. The molecule has 0 aromatic heterocycles. The Bertz CT molecular complexity index is 537. The Morgan fingerprint density at radius 2 is 1.62 bits per heavy atom. The van der Waals surface area contributed by atoms with Gasteiger partial charge in [-0.3, -0.25) is 8.37 Å². The van der Waals surface area contributed by atoms with Crippen molar-refractivity contribution in [1.82, 2.24) is 0 Å². The van der Waals surface area contributed by atoms with Crippen LogP contribution in [0.2, 0.25) is 0 Å². The monoisotopic (exact) mass is 350 g/mol. The Labute approximate surface area is 122 Å². The average Bonchev–Trinajstić information content (AvgIpc) is 2.31. The molecule has 21 heavy (non-hydrogen) atoms. The molecule has 0 amide bonds. The molecule has 0 aromatic carbocycles. The van der Waals surface area contributed by atoms with Crippen LogP contribution in [0.15, 0.2) is 0 Å². The molecule has 0 saturated carbocycles. The van der Waals surface area contributed by atoms with Crippen LogP contribution in [0.25, 0.3) is 0 Å². The van der Waals surface area contributed by atoms with Crippen molar-refractivity contribution in [2.45, 2.75) is 30.7 Å². The molecule has 0 radical (unpaired) electrons. The van der Waals surface area contributed by atoms with E-state index in [2.05, 4.69) is 8.37 Å². The summed E-state index contributed by atoms with van der Waals surface area (Å²) in [4.78, 5) is 0. The van der Waals surface area contributed by atoms with E-state index in [-0.39, 0.29) is 0 Å². The number of aliphatic hydroxyl groups is 2. The lowest BCUT2D eigenvalue weighted by molar-refractivity contribution is -0.286. The molecule has 1 aliphatic heterocycles. The van der Waals surface area contributed by atoms with Crippen molar-refractivity contribution >= 4 is 20.2 Å². The van der Waals surface area contributed by atoms with E-state index in [1.807, 2.05) is 0 Å². The molecule has 1 saturated heterocycles. The summed E-state index contributed by atoms with van der Waals surface area (Å²) in [6.07, 6.45) is -5.78. The molecule has 1 heterocycles. The second-order valence-corrected chi connectivity index (χ2v) is 7.76. The maximum atomic E-state index is 11.1. The van der Waals surface area contributed by atoms with Crippen molar-refractivity contribution < 1.29 is 44.9 Å². The third-order valence-corrected chi connectivity index (χ3v) is 3.75. The first-order valence-electron chi connectivity index (χ1n) is 5.71. The molecule has 0 aromatic rings. The van der Waals surface area contributed by atoms with Gasteiger partial charge in [0.15, 0.2) is 12.4 Å². The highest BCUT2D eigenvalue weighted by Crippen LogP contribution is 2.25. The number of ether oxygens (including phenoxy) is 2. The van der Waals surface area contributed by atoms with Crippen LogP contribution >= 0.6 is 0 Å². The SMILES string of the molecule is CO[C@H]1O[C@@H](COS(C)(=O)=O)[C@@H](O)[C@@H](O)[C@H]1OS(C)(=O)=O. The molecule has 1 rings (SSSR count). The highest BCUT2D eigenvalue weighted by molar-refractivity contribution is 7.86. The standard InChI is InChI=1S/C9H18O10S2/c1-16-9-8(19-21(3,14)15)7(11)6(10)5(18-9)4-17-20(2,12)13/h5-11H,4H2,1-3H3/t5-,6+,7+,8+,9-/m0/s1. The lowest BCUT2D eigenvalue weighted by Crippen LogP contribution is -2.60. The quantitative estimate of drug-likeness (QED) is 0.489. The summed E-state index contributed by atoms with van der Waals surface area (Å²) in [6, 6.07) is 0. The summed E-state index contributed by atoms with van der Waals surface area (Å²) >= 11 is 0. The minimum Gasteiger partial charge on any atom is -0.387 e. The maximum absolute atomic E-state index is 11.1. The number of hydrogen-bond acceptors (Lipinski definition) is 10. The van der Waals surface area contributed by atoms with Gasteiger partial charge in [0.1, 0.15) is 18.3 Å². The van der Waals surface area contributed by atoms with E-state index < -0.39 is 57.5 Å². The first-order valence-corrected chi connectivity index (χ1v) is 9.35. The van der Waals surface area contributed by atoms with Crippen LogP contribution in [-0.2, 0) is 38.1 Å². The summed E-state index contributed by atoms with van der Waals surface area (Å²) in [5.74, 6) is 0. The molecule has 0 aliphatic carbocycles. The van der Waals surface area contributed by atoms with E-state index in [4.69, 9.17) is 9.47 Å². The zero-order valence-corrected chi connectivity index (χ0v) is 13.2. The number of aliphatic hydroxyl groups excluding tert-OH is 2. The topological polar surface area (TPSA) is 146 Å². The normalized spacial score (nSPS) is 34.8. The van der Waals surface area contributed by atoms with Crippen LogP contribution in [0.5, 0.6) is 0 Å². The second kappa shape index (κ2) is 6.83. The van der Waals surface area contributed by atoms with Crippen molar-refractivity contribution in [3.63, 3.8) is 0 Å². The molecule has 1 aliphatic rings. The molecule has 126 valence electrons. The Balaban J connectivity index is 2.84. The third-order valence-electron chi connectivity index (χ3n) is 2.61. The summed E-state index contributed by atoms with van der Waals surface area (Å²) in [7, 11) is -6.54. The van der Waals surface area contributed by atoms with Crippen molar-refractivity contribution in [3.05, 3.63) is 0 Å².